The lowest BCUT2D eigenvalue weighted by Crippen LogP contribution is -2.42. The molecular weight excluding hydrogens is 282 g/mol. The lowest BCUT2D eigenvalue weighted by atomic mass is 10.2. The molecule has 6 nitrogen and oxygen atoms in total. The molecule has 0 saturated carbocycles. The van der Waals surface area contributed by atoms with Crippen molar-refractivity contribution in [3.63, 3.8) is 0 Å². The number of nitrogens with zero attached hydrogens (tertiary/aromatic N) is 1. The Bertz CT molecular complexity index is 292. The van der Waals surface area contributed by atoms with Crippen molar-refractivity contribution in [3.8, 4) is 0 Å². The number of ether oxygens (including phenoxy) is 1. The van der Waals surface area contributed by atoms with Crippen LogP contribution in [0.5, 0.6) is 0 Å². The van der Waals surface area contributed by atoms with Gasteiger partial charge in [0.15, 0.2) is 6.10 Å². The Morgan fingerprint density at radius 2 is 1.85 bits per heavy atom. The summed E-state index contributed by atoms with van der Waals surface area (Å²) in [5.74, 6) is 0.440. The summed E-state index contributed by atoms with van der Waals surface area (Å²) in [4.78, 5) is 23.1. The number of carboxylic acid groups (broad SMARTS) is 1. The van der Waals surface area contributed by atoms with Crippen LogP contribution in [0.4, 0.5) is 0 Å². The number of rotatable bonds is 5. The molecular formula is C13H25NO5S. The van der Waals surface area contributed by atoms with Crippen molar-refractivity contribution in [2.24, 2.45) is 5.92 Å². The van der Waals surface area contributed by atoms with Crippen LogP contribution in [0.1, 0.15) is 20.3 Å². The van der Waals surface area contributed by atoms with E-state index in [-0.39, 0.29) is 12.3 Å². The summed E-state index contributed by atoms with van der Waals surface area (Å²) in [5, 5.41) is 17.3. The van der Waals surface area contributed by atoms with Crippen LogP contribution in [0.2, 0.25) is 0 Å². The zero-order chi connectivity index (χ0) is 15.5. The maximum absolute atomic E-state index is 11.4. The predicted octanol–water partition coefficient (Wildman–Crippen LogP) is 0.686. The fourth-order valence-corrected chi connectivity index (χ4v) is 2.19. The molecule has 0 aromatic heterocycles. The van der Waals surface area contributed by atoms with Crippen LogP contribution in [0.3, 0.4) is 0 Å². The number of morpholine rings is 1. The zero-order valence-electron chi connectivity index (χ0n) is 12.4. The van der Waals surface area contributed by atoms with Crippen LogP contribution in [0, 0.1) is 5.92 Å². The highest BCUT2D eigenvalue weighted by molar-refractivity contribution is 7.98. The van der Waals surface area contributed by atoms with Gasteiger partial charge in [-0.3, -0.25) is 4.79 Å². The van der Waals surface area contributed by atoms with Crippen molar-refractivity contribution < 1.29 is 24.5 Å². The molecule has 1 saturated heterocycles. The molecule has 0 bridgehead atoms. The van der Waals surface area contributed by atoms with E-state index in [0.717, 1.165) is 5.92 Å². The van der Waals surface area contributed by atoms with Crippen LogP contribution < -0.4 is 0 Å². The van der Waals surface area contributed by atoms with Crippen molar-refractivity contribution in [3.05, 3.63) is 0 Å². The SMILES string of the molecule is CSCC(C)C.O=C(O)C(O)CC(=O)N1CCOCC1. The summed E-state index contributed by atoms with van der Waals surface area (Å²) < 4.78 is 5.03. The van der Waals surface area contributed by atoms with Gasteiger partial charge in [-0.15, -0.1) is 0 Å². The van der Waals surface area contributed by atoms with Gasteiger partial charge < -0.3 is 19.8 Å². The van der Waals surface area contributed by atoms with Gasteiger partial charge in [0.1, 0.15) is 0 Å². The minimum Gasteiger partial charge on any atom is -0.479 e. The highest BCUT2D eigenvalue weighted by Crippen LogP contribution is 2.03. The highest BCUT2D eigenvalue weighted by Gasteiger charge is 2.23. The molecule has 1 rings (SSSR count). The predicted molar refractivity (Wildman–Crippen MR) is 78.9 cm³/mol. The second-order valence-corrected chi connectivity index (χ2v) is 5.81. The summed E-state index contributed by atoms with van der Waals surface area (Å²) in [7, 11) is 0. The van der Waals surface area contributed by atoms with Crippen LogP contribution >= 0.6 is 11.8 Å². The molecule has 0 aromatic rings. The van der Waals surface area contributed by atoms with Crippen molar-refractivity contribution in [1.82, 2.24) is 4.90 Å². The number of carbonyl (C=O) groups is 2. The fourth-order valence-electron chi connectivity index (χ4n) is 1.53. The van der Waals surface area contributed by atoms with Gasteiger partial charge in [-0.05, 0) is 17.9 Å². The van der Waals surface area contributed by atoms with E-state index in [0.29, 0.717) is 26.3 Å². The van der Waals surface area contributed by atoms with E-state index in [2.05, 4.69) is 20.1 Å². The van der Waals surface area contributed by atoms with E-state index < -0.39 is 12.1 Å². The van der Waals surface area contributed by atoms with Gasteiger partial charge in [0.25, 0.3) is 0 Å². The Hall–Kier alpha value is -0.790. The maximum atomic E-state index is 11.4. The Labute approximate surface area is 124 Å². The number of aliphatic hydroxyl groups excluding tert-OH is 1. The summed E-state index contributed by atoms with van der Waals surface area (Å²) in [5.41, 5.74) is 0. The van der Waals surface area contributed by atoms with Crippen molar-refractivity contribution >= 4 is 23.6 Å². The van der Waals surface area contributed by atoms with Gasteiger partial charge in [-0.25, -0.2) is 4.79 Å². The first-order valence-corrected chi connectivity index (χ1v) is 8.03. The Morgan fingerprint density at radius 1 is 1.30 bits per heavy atom. The Morgan fingerprint density at radius 3 is 2.20 bits per heavy atom. The first-order chi connectivity index (χ1) is 9.38. The summed E-state index contributed by atoms with van der Waals surface area (Å²) >= 11 is 1.91. The normalized spacial score (nSPS) is 16.4. The molecule has 118 valence electrons. The van der Waals surface area contributed by atoms with E-state index in [1.807, 2.05) is 11.8 Å². The third-order valence-corrected chi connectivity index (χ3v) is 3.52. The highest BCUT2D eigenvalue weighted by atomic mass is 32.2. The molecule has 7 heteroatoms. The molecule has 0 aromatic carbocycles. The smallest absolute Gasteiger partial charge is 0.333 e. The standard InChI is InChI=1S/C8H13NO5.C5H12S/c10-6(8(12)13)5-7(11)9-1-3-14-4-2-9;1-5(2)4-6-3/h6,10H,1-5H2,(H,12,13);5H,4H2,1-3H3. The Balaban J connectivity index is 0.000000511. The van der Waals surface area contributed by atoms with Crippen molar-refractivity contribution in [2.75, 3.05) is 38.3 Å². The number of carboxylic acids is 1. The van der Waals surface area contributed by atoms with E-state index in [9.17, 15) is 9.59 Å². The monoisotopic (exact) mass is 307 g/mol. The topological polar surface area (TPSA) is 87.1 Å². The fraction of sp³-hybridized carbons (Fsp3) is 0.846. The molecule has 1 fully saturated rings. The molecule has 1 aliphatic rings. The van der Waals surface area contributed by atoms with Gasteiger partial charge in [0.05, 0.1) is 19.6 Å². The van der Waals surface area contributed by atoms with Gasteiger partial charge >= 0.3 is 5.97 Å². The third kappa shape index (κ3) is 9.17. The molecule has 2 N–H and O–H groups in total. The lowest BCUT2D eigenvalue weighted by molar-refractivity contribution is -0.152. The second-order valence-electron chi connectivity index (χ2n) is 4.90. The van der Waals surface area contributed by atoms with E-state index in [1.165, 1.54) is 10.7 Å². The van der Waals surface area contributed by atoms with Crippen molar-refractivity contribution in [1.29, 1.82) is 0 Å². The second kappa shape index (κ2) is 10.9. The van der Waals surface area contributed by atoms with Gasteiger partial charge in [0.2, 0.25) is 5.91 Å². The van der Waals surface area contributed by atoms with Crippen LogP contribution in [0.15, 0.2) is 0 Å². The minimum atomic E-state index is -1.61. The van der Waals surface area contributed by atoms with Gasteiger partial charge in [-0.2, -0.15) is 11.8 Å². The molecule has 20 heavy (non-hydrogen) atoms. The third-order valence-electron chi connectivity index (χ3n) is 2.52. The molecule has 0 aliphatic carbocycles. The van der Waals surface area contributed by atoms with Gasteiger partial charge in [-0.1, -0.05) is 13.8 Å². The number of thioether (sulfide) groups is 1. The average Bonchev–Trinajstić information content (AvgIpc) is 2.40. The first kappa shape index (κ1) is 19.2. The quantitative estimate of drug-likeness (QED) is 0.777. The van der Waals surface area contributed by atoms with E-state index in [4.69, 9.17) is 14.9 Å². The summed E-state index contributed by atoms with van der Waals surface area (Å²) in [6.45, 7) is 6.33. The number of amides is 1. The van der Waals surface area contributed by atoms with Crippen molar-refractivity contribution in [2.45, 2.75) is 26.4 Å². The molecule has 0 radical (unpaired) electrons. The number of aliphatic hydroxyl groups is 1. The molecule has 1 atom stereocenters. The Kier molecular flexibility index (Phi) is 10.5. The number of hydrogen-bond acceptors (Lipinski definition) is 5. The lowest BCUT2D eigenvalue weighted by Gasteiger charge is -2.27. The van der Waals surface area contributed by atoms with Crippen LogP contribution in [0.25, 0.3) is 0 Å². The molecule has 1 heterocycles. The number of carbonyl (C=O) groups excluding carboxylic acids is 1. The largest absolute Gasteiger partial charge is 0.479 e. The van der Waals surface area contributed by atoms with Crippen LogP contribution in [-0.4, -0.2) is 71.4 Å². The van der Waals surface area contributed by atoms with E-state index in [1.54, 1.807) is 0 Å². The van der Waals surface area contributed by atoms with Gasteiger partial charge in [0, 0.05) is 13.1 Å². The molecule has 1 amide bonds. The number of aliphatic carboxylic acids is 1. The van der Waals surface area contributed by atoms with Crippen LogP contribution in [-0.2, 0) is 14.3 Å². The maximum Gasteiger partial charge on any atom is 0.333 e. The average molecular weight is 307 g/mol. The summed E-state index contributed by atoms with van der Waals surface area (Å²) in [6, 6.07) is 0. The minimum absolute atomic E-state index is 0.344. The molecule has 1 aliphatic heterocycles. The zero-order valence-corrected chi connectivity index (χ0v) is 13.2. The molecule has 0 spiro atoms. The van der Waals surface area contributed by atoms with E-state index >= 15 is 0 Å². The first-order valence-electron chi connectivity index (χ1n) is 6.63. The summed E-state index contributed by atoms with van der Waals surface area (Å²) in [6.07, 6.45) is 0.167. The number of hydrogen-bond donors (Lipinski definition) is 2. The molecule has 1 unspecified atom stereocenters.